The summed E-state index contributed by atoms with van der Waals surface area (Å²) in [6, 6.07) is 8.53. The van der Waals surface area contributed by atoms with Gasteiger partial charge in [0.15, 0.2) is 5.82 Å². The van der Waals surface area contributed by atoms with Gasteiger partial charge in [-0.1, -0.05) is 12.1 Å². The highest BCUT2D eigenvalue weighted by atomic mass is 35.5. The summed E-state index contributed by atoms with van der Waals surface area (Å²) in [6.07, 6.45) is 2.01. The van der Waals surface area contributed by atoms with Gasteiger partial charge in [0, 0.05) is 45.1 Å². The number of rotatable bonds is 4. The van der Waals surface area contributed by atoms with E-state index in [-0.39, 0.29) is 24.8 Å². The predicted molar refractivity (Wildman–Crippen MR) is 90.5 cm³/mol. The Bertz CT molecular complexity index is 520. The van der Waals surface area contributed by atoms with Gasteiger partial charge in [0.05, 0.1) is 0 Å². The summed E-state index contributed by atoms with van der Waals surface area (Å²) in [5, 5.41) is 7.72. The Morgan fingerprint density at radius 1 is 1.15 bits per heavy atom. The largest absolute Gasteiger partial charge is 0.378 e. The fourth-order valence-electron chi connectivity index (χ4n) is 1.88. The molecule has 0 saturated carbocycles. The average Bonchev–Trinajstić information content (AvgIpc) is 2.66. The molecule has 0 aliphatic carbocycles. The summed E-state index contributed by atoms with van der Waals surface area (Å²) < 4.78 is 1.83. The molecule has 0 radical (unpaired) electrons. The molecule has 2 aromatic rings. The van der Waals surface area contributed by atoms with Crippen molar-refractivity contribution < 1.29 is 0 Å². The number of benzene rings is 1. The van der Waals surface area contributed by atoms with E-state index >= 15 is 0 Å². The Kier molecular flexibility index (Phi) is 7.46. The predicted octanol–water partition coefficient (Wildman–Crippen LogP) is 3.25. The minimum absolute atomic E-state index is 0. The van der Waals surface area contributed by atoms with Crippen LogP contribution in [0.5, 0.6) is 0 Å². The average molecular weight is 317 g/mol. The lowest BCUT2D eigenvalue weighted by Gasteiger charge is -2.12. The number of halogens is 2. The van der Waals surface area contributed by atoms with E-state index in [2.05, 4.69) is 46.5 Å². The SMILES string of the molecule is Cc1cn(C)nc1NCc1ccc(N(C)C)cc1.Cl.Cl. The summed E-state index contributed by atoms with van der Waals surface area (Å²) >= 11 is 0. The molecule has 2 rings (SSSR count). The molecule has 0 amide bonds. The smallest absolute Gasteiger partial charge is 0.151 e. The third-order valence-electron chi connectivity index (χ3n) is 2.92. The minimum atomic E-state index is 0. The molecule has 4 nitrogen and oxygen atoms in total. The van der Waals surface area contributed by atoms with Crippen LogP contribution in [0.15, 0.2) is 30.5 Å². The first-order valence-corrected chi connectivity index (χ1v) is 6.06. The Balaban J connectivity index is 0.00000180. The Morgan fingerprint density at radius 3 is 2.20 bits per heavy atom. The number of aryl methyl sites for hydroxylation is 2. The number of nitrogens with one attached hydrogen (secondary N) is 1. The van der Waals surface area contributed by atoms with Crippen LogP contribution in [0.1, 0.15) is 11.1 Å². The van der Waals surface area contributed by atoms with Crippen molar-refractivity contribution in [1.29, 1.82) is 0 Å². The molecule has 0 unspecified atom stereocenters. The summed E-state index contributed by atoms with van der Waals surface area (Å²) in [5.41, 5.74) is 3.64. The van der Waals surface area contributed by atoms with Gasteiger partial charge >= 0.3 is 0 Å². The standard InChI is InChI=1S/C14H20N4.2ClH/c1-11-10-18(4)16-14(11)15-9-12-5-7-13(8-6-12)17(2)3;;/h5-8,10H,9H2,1-4H3,(H,15,16);2*1H. The zero-order valence-electron chi connectivity index (χ0n) is 12.3. The number of nitrogens with zero attached hydrogens (tertiary/aromatic N) is 3. The molecule has 0 bridgehead atoms. The van der Waals surface area contributed by atoms with E-state index in [1.165, 1.54) is 16.8 Å². The maximum atomic E-state index is 4.37. The molecule has 0 spiro atoms. The topological polar surface area (TPSA) is 33.1 Å². The first-order valence-electron chi connectivity index (χ1n) is 6.06. The van der Waals surface area contributed by atoms with Crippen molar-refractivity contribution in [1.82, 2.24) is 9.78 Å². The molecule has 0 saturated heterocycles. The third kappa shape index (κ3) is 4.62. The van der Waals surface area contributed by atoms with Crippen LogP contribution in [-0.2, 0) is 13.6 Å². The van der Waals surface area contributed by atoms with Crippen molar-refractivity contribution in [2.75, 3.05) is 24.3 Å². The van der Waals surface area contributed by atoms with Gasteiger partial charge in [-0.2, -0.15) is 5.10 Å². The van der Waals surface area contributed by atoms with E-state index in [0.717, 1.165) is 12.4 Å². The van der Waals surface area contributed by atoms with Crippen LogP contribution in [0.2, 0.25) is 0 Å². The number of hydrogen-bond donors (Lipinski definition) is 1. The Hall–Kier alpha value is -1.39. The van der Waals surface area contributed by atoms with Crippen molar-refractivity contribution in [2.24, 2.45) is 7.05 Å². The highest BCUT2D eigenvalue weighted by molar-refractivity contribution is 5.85. The second-order valence-corrected chi connectivity index (χ2v) is 4.75. The second-order valence-electron chi connectivity index (χ2n) is 4.75. The molecule has 0 aliphatic rings. The van der Waals surface area contributed by atoms with E-state index < -0.39 is 0 Å². The fraction of sp³-hybridized carbons (Fsp3) is 0.357. The van der Waals surface area contributed by atoms with Crippen molar-refractivity contribution in [2.45, 2.75) is 13.5 Å². The first kappa shape index (κ1) is 18.6. The number of hydrogen-bond acceptors (Lipinski definition) is 3. The van der Waals surface area contributed by atoms with Crippen LogP contribution in [0.4, 0.5) is 11.5 Å². The molecule has 0 atom stereocenters. The Labute approximate surface area is 133 Å². The molecule has 1 N–H and O–H groups in total. The van der Waals surface area contributed by atoms with E-state index in [1.54, 1.807) is 0 Å². The van der Waals surface area contributed by atoms with Gasteiger partial charge < -0.3 is 10.2 Å². The van der Waals surface area contributed by atoms with Gasteiger partial charge in [0.1, 0.15) is 0 Å². The minimum Gasteiger partial charge on any atom is -0.378 e. The van der Waals surface area contributed by atoms with Gasteiger partial charge in [-0.05, 0) is 24.6 Å². The van der Waals surface area contributed by atoms with Crippen molar-refractivity contribution in [3.63, 3.8) is 0 Å². The van der Waals surface area contributed by atoms with E-state index in [9.17, 15) is 0 Å². The molecular formula is C14H22Cl2N4. The molecule has 112 valence electrons. The molecule has 6 heteroatoms. The quantitative estimate of drug-likeness (QED) is 0.940. The van der Waals surface area contributed by atoms with Crippen LogP contribution in [0.3, 0.4) is 0 Å². The van der Waals surface area contributed by atoms with Crippen molar-refractivity contribution >= 4 is 36.3 Å². The van der Waals surface area contributed by atoms with Crippen LogP contribution >= 0.6 is 24.8 Å². The Morgan fingerprint density at radius 2 is 1.75 bits per heavy atom. The van der Waals surface area contributed by atoms with E-state index in [4.69, 9.17) is 0 Å². The first-order chi connectivity index (χ1) is 8.56. The maximum Gasteiger partial charge on any atom is 0.151 e. The zero-order chi connectivity index (χ0) is 13.1. The summed E-state index contributed by atoms with van der Waals surface area (Å²) in [6.45, 7) is 2.86. The number of anilines is 2. The fourth-order valence-corrected chi connectivity index (χ4v) is 1.88. The zero-order valence-corrected chi connectivity index (χ0v) is 13.9. The maximum absolute atomic E-state index is 4.37. The molecule has 20 heavy (non-hydrogen) atoms. The van der Waals surface area contributed by atoms with Gasteiger partial charge in [0.25, 0.3) is 0 Å². The van der Waals surface area contributed by atoms with Crippen molar-refractivity contribution in [3.8, 4) is 0 Å². The van der Waals surface area contributed by atoms with Crippen LogP contribution in [0, 0.1) is 6.92 Å². The lowest BCUT2D eigenvalue weighted by molar-refractivity contribution is 0.768. The van der Waals surface area contributed by atoms with Gasteiger partial charge in [0.2, 0.25) is 0 Å². The molecular weight excluding hydrogens is 295 g/mol. The summed E-state index contributed by atoms with van der Waals surface area (Å²) in [7, 11) is 6.03. The van der Waals surface area contributed by atoms with E-state index in [0.29, 0.717) is 0 Å². The third-order valence-corrected chi connectivity index (χ3v) is 2.92. The van der Waals surface area contributed by atoms with Crippen LogP contribution in [0.25, 0.3) is 0 Å². The highest BCUT2D eigenvalue weighted by Gasteiger charge is 2.02. The monoisotopic (exact) mass is 316 g/mol. The highest BCUT2D eigenvalue weighted by Crippen LogP contribution is 2.15. The molecule has 1 aromatic carbocycles. The van der Waals surface area contributed by atoms with Gasteiger partial charge in [-0.25, -0.2) is 0 Å². The number of aromatic nitrogens is 2. The van der Waals surface area contributed by atoms with Gasteiger partial charge in [-0.3, -0.25) is 4.68 Å². The van der Waals surface area contributed by atoms with Crippen LogP contribution < -0.4 is 10.2 Å². The lowest BCUT2D eigenvalue weighted by atomic mass is 10.2. The summed E-state index contributed by atoms with van der Waals surface area (Å²) in [4.78, 5) is 2.10. The molecule has 0 fully saturated rings. The molecule has 0 aliphatic heterocycles. The lowest BCUT2D eigenvalue weighted by Crippen LogP contribution is -2.08. The molecule has 1 aromatic heterocycles. The van der Waals surface area contributed by atoms with E-state index in [1.807, 2.05) is 32.0 Å². The summed E-state index contributed by atoms with van der Waals surface area (Å²) in [5.74, 6) is 0.953. The van der Waals surface area contributed by atoms with Crippen molar-refractivity contribution in [3.05, 3.63) is 41.6 Å². The van der Waals surface area contributed by atoms with Gasteiger partial charge in [-0.15, -0.1) is 24.8 Å². The van der Waals surface area contributed by atoms with Crippen LogP contribution in [-0.4, -0.2) is 23.9 Å². The normalized spacial score (nSPS) is 9.40. The second kappa shape index (κ2) is 8.02. The molecule has 1 heterocycles.